The molecule has 0 amide bonds. The molecule has 0 heterocycles. The molecule has 0 radical (unpaired) electrons. The van der Waals surface area contributed by atoms with E-state index in [2.05, 4.69) is 10.0 Å². The van der Waals surface area contributed by atoms with Crippen molar-refractivity contribution >= 4 is 21.7 Å². The van der Waals surface area contributed by atoms with Gasteiger partial charge in [0.2, 0.25) is 10.0 Å². The number of hydrogen-bond acceptors (Lipinski definition) is 6. The van der Waals surface area contributed by atoms with Crippen LogP contribution in [0.15, 0.2) is 71.6 Å². The summed E-state index contributed by atoms with van der Waals surface area (Å²) in [5, 5.41) is 12.6. The number of rotatable bonds is 11. The monoisotopic (exact) mass is 484 g/mol. The summed E-state index contributed by atoms with van der Waals surface area (Å²) in [5.74, 6) is -0.0663. The minimum atomic E-state index is -4.01. The van der Waals surface area contributed by atoms with Crippen molar-refractivity contribution in [2.45, 2.75) is 24.3 Å². The molecule has 0 bridgehead atoms. The summed E-state index contributed by atoms with van der Waals surface area (Å²) in [5.41, 5.74) is 2.03. The highest BCUT2D eigenvalue weighted by Gasteiger charge is 2.22. The summed E-state index contributed by atoms with van der Waals surface area (Å²) < 4.78 is 39.4. The third-order valence-electron chi connectivity index (χ3n) is 5.34. The number of aromatic carboxylic acids is 1. The van der Waals surface area contributed by atoms with Crippen molar-refractivity contribution in [1.29, 1.82) is 0 Å². The van der Waals surface area contributed by atoms with E-state index in [1.807, 2.05) is 43.3 Å². The van der Waals surface area contributed by atoms with Crippen LogP contribution in [-0.2, 0) is 16.4 Å². The zero-order valence-electron chi connectivity index (χ0n) is 19.2. The summed E-state index contributed by atoms with van der Waals surface area (Å²) in [6.45, 7) is 2.02. The molecule has 0 spiro atoms. The second-order valence-electron chi connectivity index (χ2n) is 7.63. The number of carboxylic acids is 1. The molecule has 0 fully saturated rings. The van der Waals surface area contributed by atoms with Crippen molar-refractivity contribution in [3.63, 3.8) is 0 Å². The number of hydrogen-bond donors (Lipinski definition) is 3. The van der Waals surface area contributed by atoms with Gasteiger partial charge in [0.25, 0.3) is 0 Å². The minimum Gasteiger partial charge on any atom is -0.493 e. The van der Waals surface area contributed by atoms with Gasteiger partial charge in [-0.15, -0.1) is 0 Å². The predicted molar refractivity (Wildman–Crippen MR) is 130 cm³/mol. The number of methoxy groups -OCH3 is 2. The van der Waals surface area contributed by atoms with Gasteiger partial charge in [-0.2, -0.15) is 0 Å². The first-order valence-corrected chi connectivity index (χ1v) is 12.1. The summed E-state index contributed by atoms with van der Waals surface area (Å²) in [6.07, 6.45) is 0.404. The van der Waals surface area contributed by atoms with E-state index in [9.17, 15) is 18.3 Å². The minimum absolute atomic E-state index is 0.113. The molecule has 34 heavy (non-hydrogen) atoms. The lowest BCUT2D eigenvalue weighted by molar-refractivity contribution is 0.0696. The SMILES string of the molecule is COc1ccc(CCNS(=O)(=O)c2cc(C(=O)O)ccc2NC(C)c2ccccc2)cc1OC. The molecule has 0 aromatic heterocycles. The zero-order chi connectivity index (χ0) is 24.7. The fraction of sp³-hybridized carbons (Fsp3) is 0.240. The van der Waals surface area contributed by atoms with Gasteiger partial charge in [0, 0.05) is 12.6 Å². The first kappa shape index (κ1) is 25.1. The number of anilines is 1. The summed E-state index contributed by atoms with van der Waals surface area (Å²) in [7, 11) is -0.930. The van der Waals surface area contributed by atoms with Crippen LogP contribution in [0.25, 0.3) is 0 Å². The fourth-order valence-corrected chi connectivity index (χ4v) is 4.72. The second kappa shape index (κ2) is 11.0. The summed E-state index contributed by atoms with van der Waals surface area (Å²) in [4.78, 5) is 11.4. The van der Waals surface area contributed by atoms with Crippen LogP contribution < -0.4 is 19.5 Å². The molecule has 8 nitrogen and oxygen atoms in total. The Bertz CT molecular complexity index is 1250. The Balaban J connectivity index is 1.81. The average Bonchev–Trinajstić information content (AvgIpc) is 2.84. The number of nitrogens with one attached hydrogen (secondary N) is 2. The van der Waals surface area contributed by atoms with Crippen LogP contribution in [0.3, 0.4) is 0 Å². The Morgan fingerprint density at radius 3 is 2.32 bits per heavy atom. The van der Waals surface area contributed by atoms with Crippen LogP contribution in [0.5, 0.6) is 11.5 Å². The van der Waals surface area contributed by atoms with Gasteiger partial charge in [-0.05, 0) is 54.8 Å². The van der Waals surface area contributed by atoms with E-state index in [-0.39, 0.29) is 23.0 Å². The second-order valence-corrected chi connectivity index (χ2v) is 9.37. The lowest BCUT2D eigenvalue weighted by Gasteiger charge is -2.19. The Morgan fingerprint density at radius 2 is 1.68 bits per heavy atom. The van der Waals surface area contributed by atoms with Gasteiger partial charge in [0.15, 0.2) is 11.5 Å². The third kappa shape index (κ3) is 6.06. The Labute approximate surface area is 199 Å². The predicted octanol–water partition coefficient (Wildman–Crippen LogP) is 4.10. The number of ether oxygens (including phenoxy) is 2. The van der Waals surface area contributed by atoms with Gasteiger partial charge in [0.05, 0.1) is 25.5 Å². The van der Waals surface area contributed by atoms with Gasteiger partial charge >= 0.3 is 5.97 Å². The molecular formula is C25H28N2O6S. The maximum Gasteiger partial charge on any atom is 0.335 e. The molecule has 3 N–H and O–H groups in total. The molecule has 3 aromatic rings. The van der Waals surface area contributed by atoms with Gasteiger partial charge < -0.3 is 19.9 Å². The Morgan fingerprint density at radius 1 is 0.971 bits per heavy atom. The number of carbonyl (C=O) groups is 1. The lowest BCUT2D eigenvalue weighted by Crippen LogP contribution is -2.27. The number of carboxylic acid groups (broad SMARTS) is 1. The van der Waals surface area contributed by atoms with Gasteiger partial charge in [-0.25, -0.2) is 17.9 Å². The van der Waals surface area contributed by atoms with E-state index in [0.717, 1.165) is 11.1 Å². The molecule has 0 aliphatic carbocycles. The van der Waals surface area contributed by atoms with Crippen LogP contribution in [0.4, 0.5) is 5.69 Å². The van der Waals surface area contributed by atoms with Gasteiger partial charge in [-0.3, -0.25) is 0 Å². The van der Waals surface area contributed by atoms with E-state index in [1.165, 1.54) is 25.3 Å². The highest BCUT2D eigenvalue weighted by atomic mass is 32.2. The smallest absolute Gasteiger partial charge is 0.335 e. The van der Waals surface area contributed by atoms with E-state index in [4.69, 9.17) is 9.47 Å². The highest BCUT2D eigenvalue weighted by molar-refractivity contribution is 7.89. The molecule has 180 valence electrons. The summed E-state index contributed by atoms with van der Waals surface area (Å²) >= 11 is 0. The molecule has 0 saturated heterocycles. The van der Waals surface area contributed by atoms with Gasteiger partial charge in [-0.1, -0.05) is 36.4 Å². The van der Waals surface area contributed by atoms with Crippen LogP contribution in [0.2, 0.25) is 0 Å². The van der Waals surface area contributed by atoms with E-state index < -0.39 is 16.0 Å². The molecule has 0 aliphatic heterocycles. The average molecular weight is 485 g/mol. The van der Waals surface area contributed by atoms with E-state index in [1.54, 1.807) is 19.2 Å². The van der Waals surface area contributed by atoms with E-state index >= 15 is 0 Å². The van der Waals surface area contributed by atoms with Crippen LogP contribution in [0, 0.1) is 0 Å². The van der Waals surface area contributed by atoms with Gasteiger partial charge in [0.1, 0.15) is 4.90 Å². The third-order valence-corrected chi connectivity index (χ3v) is 6.84. The van der Waals surface area contributed by atoms with Crippen LogP contribution in [0.1, 0.15) is 34.5 Å². The molecule has 1 unspecified atom stereocenters. The molecule has 0 saturated carbocycles. The van der Waals surface area contributed by atoms with Crippen molar-refractivity contribution in [2.75, 3.05) is 26.1 Å². The standard InChI is InChI=1S/C25H28N2O6S/c1-17(19-7-5-4-6-8-19)27-21-11-10-20(25(28)29)16-24(21)34(30,31)26-14-13-18-9-12-22(32-2)23(15-18)33-3/h4-12,15-17,26-27H,13-14H2,1-3H3,(H,28,29). The molecule has 1 atom stereocenters. The normalized spacial score (nSPS) is 12.1. The lowest BCUT2D eigenvalue weighted by atomic mass is 10.1. The molecular weight excluding hydrogens is 456 g/mol. The first-order valence-electron chi connectivity index (χ1n) is 10.6. The number of sulfonamides is 1. The fourth-order valence-electron chi connectivity index (χ4n) is 3.50. The molecule has 9 heteroatoms. The van der Waals surface area contributed by atoms with Crippen LogP contribution in [-0.4, -0.2) is 40.3 Å². The van der Waals surface area contributed by atoms with Crippen molar-refractivity contribution in [2.24, 2.45) is 0 Å². The van der Waals surface area contributed by atoms with Crippen molar-refractivity contribution in [1.82, 2.24) is 4.72 Å². The quantitative estimate of drug-likeness (QED) is 0.375. The molecule has 0 aliphatic rings. The zero-order valence-corrected chi connectivity index (χ0v) is 20.1. The summed E-state index contributed by atoms with van der Waals surface area (Å²) in [6, 6.07) is 18.8. The van der Waals surface area contributed by atoms with Crippen molar-refractivity contribution < 1.29 is 27.8 Å². The largest absolute Gasteiger partial charge is 0.493 e. The van der Waals surface area contributed by atoms with E-state index in [0.29, 0.717) is 23.6 Å². The Hall–Kier alpha value is -3.56. The molecule has 3 rings (SSSR count). The topological polar surface area (TPSA) is 114 Å². The number of benzene rings is 3. The van der Waals surface area contributed by atoms with Crippen molar-refractivity contribution in [3.05, 3.63) is 83.4 Å². The molecule has 3 aromatic carbocycles. The van der Waals surface area contributed by atoms with Crippen LogP contribution >= 0.6 is 0 Å². The maximum atomic E-state index is 13.2. The first-order chi connectivity index (χ1) is 16.2. The van der Waals surface area contributed by atoms with Crippen molar-refractivity contribution in [3.8, 4) is 11.5 Å². The Kier molecular flexibility index (Phi) is 8.14. The maximum absolute atomic E-state index is 13.2. The highest BCUT2D eigenvalue weighted by Crippen LogP contribution is 2.29.